The van der Waals surface area contributed by atoms with Crippen LogP contribution in [0.1, 0.15) is 25.7 Å². The van der Waals surface area contributed by atoms with E-state index in [9.17, 15) is 18.5 Å². The molecule has 9 heteroatoms. The Balaban J connectivity index is 1.79. The highest BCUT2D eigenvalue weighted by Gasteiger charge is 2.23. The van der Waals surface area contributed by atoms with Gasteiger partial charge in [-0.3, -0.25) is 14.8 Å². The van der Waals surface area contributed by atoms with Crippen molar-refractivity contribution in [2.24, 2.45) is 0 Å². The summed E-state index contributed by atoms with van der Waals surface area (Å²) < 4.78 is 38.6. The van der Waals surface area contributed by atoms with Crippen LogP contribution in [0.5, 0.6) is 11.5 Å². The summed E-state index contributed by atoms with van der Waals surface area (Å²) >= 11 is 0. The fourth-order valence-corrected chi connectivity index (χ4v) is 4.25. The van der Waals surface area contributed by atoms with Crippen molar-refractivity contribution in [2.45, 2.75) is 36.7 Å². The molecule has 2 aromatic carbocycles. The molecule has 2 aromatic rings. The van der Waals surface area contributed by atoms with Gasteiger partial charge in [-0.1, -0.05) is 0 Å². The zero-order chi connectivity index (χ0) is 19.4. The number of non-ortho nitro benzene ring substituents is 1. The van der Waals surface area contributed by atoms with Crippen LogP contribution in [-0.2, 0) is 10.0 Å². The molecule has 0 radical (unpaired) electrons. The highest BCUT2D eigenvalue weighted by Crippen LogP contribution is 2.30. The topological polar surface area (TPSA) is 108 Å². The number of nitrogens with zero attached hydrogens (tertiary/aromatic N) is 1. The van der Waals surface area contributed by atoms with E-state index >= 15 is 0 Å². The minimum Gasteiger partial charge on any atom is -0.495 e. The van der Waals surface area contributed by atoms with Crippen molar-refractivity contribution < 1.29 is 22.8 Å². The Hall–Kier alpha value is -2.81. The summed E-state index contributed by atoms with van der Waals surface area (Å²) in [5.41, 5.74) is -0.0150. The molecule has 0 atom stereocenters. The lowest BCUT2D eigenvalue weighted by Crippen LogP contribution is -2.14. The number of rotatable bonds is 7. The largest absolute Gasteiger partial charge is 0.495 e. The summed E-state index contributed by atoms with van der Waals surface area (Å²) in [4.78, 5) is 9.99. The third kappa shape index (κ3) is 4.48. The maximum Gasteiger partial charge on any atom is 0.271 e. The molecule has 1 N–H and O–H groups in total. The summed E-state index contributed by atoms with van der Waals surface area (Å²) in [6, 6.07) is 9.98. The molecule has 1 saturated carbocycles. The predicted molar refractivity (Wildman–Crippen MR) is 99.8 cm³/mol. The second-order valence-corrected chi connectivity index (χ2v) is 7.90. The van der Waals surface area contributed by atoms with Gasteiger partial charge in [-0.2, -0.15) is 0 Å². The molecule has 1 aliphatic carbocycles. The maximum absolute atomic E-state index is 12.7. The van der Waals surface area contributed by atoms with Crippen LogP contribution in [0.2, 0.25) is 0 Å². The van der Waals surface area contributed by atoms with Gasteiger partial charge in [0.05, 0.1) is 18.1 Å². The Morgan fingerprint density at radius 1 is 1.11 bits per heavy atom. The van der Waals surface area contributed by atoms with Crippen LogP contribution in [0.15, 0.2) is 47.4 Å². The Kier molecular flexibility index (Phi) is 5.50. The first kappa shape index (κ1) is 19.0. The van der Waals surface area contributed by atoms with E-state index < -0.39 is 14.9 Å². The van der Waals surface area contributed by atoms with Crippen molar-refractivity contribution in [1.29, 1.82) is 0 Å². The molecule has 0 saturated heterocycles. The normalized spacial score (nSPS) is 14.7. The Morgan fingerprint density at radius 3 is 2.37 bits per heavy atom. The minimum absolute atomic E-state index is 0.0225. The molecule has 8 nitrogen and oxygen atoms in total. The first-order valence-electron chi connectivity index (χ1n) is 8.51. The second kappa shape index (κ2) is 7.83. The van der Waals surface area contributed by atoms with Gasteiger partial charge in [-0.25, -0.2) is 8.42 Å². The number of anilines is 1. The monoisotopic (exact) mass is 392 g/mol. The smallest absolute Gasteiger partial charge is 0.271 e. The third-order valence-corrected chi connectivity index (χ3v) is 5.76. The fraction of sp³-hybridized carbons (Fsp3) is 0.333. The average molecular weight is 392 g/mol. The first-order valence-corrected chi connectivity index (χ1v) is 9.99. The van der Waals surface area contributed by atoms with Crippen LogP contribution in [-0.4, -0.2) is 26.6 Å². The standard InChI is InChI=1S/C18H20N2O6S/c1-25-17-11-8-14(20(21)22)12-18(17)27(23,24)19-13-6-9-16(10-7-13)26-15-4-2-3-5-15/h6-12,15,19H,2-5H2,1H3. The Bertz CT molecular complexity index is 921. The van der Waals surface area contributed by atoms with Gasteiger partial charge < -0.3 is 9.47 Å². The number of nitro groups is 1. The van der Waals surface area contributed by atoms with E-state index in [2.05, 4.69) is 4.72 Å². The van der Waals surface area contributed by atoms with Crippen LogP contribution in [0.25, 0.3) is 0 Å². The van der Waals surface area contributed by atoms with Crippen LogP contribution in [0.4, 0.5) is 11.4 Å². The number of ether oxygens (including phenoxy) is 2. The molecule has 1 aliphatic rings. The molecular formula is C18H20N2O6S. The maximum atomic E-state index is 12.7. The minimum atomic E-state index is -4.07. The zero-order valence-corrected chi connectivity index (χ0v) is 15.6. The van der Waals surface area contributed by atoms with E-state index in [4.69, 9.17) is 9.47 Å². The van der Waals surface area contributed by atoms with E-state index in [0.717, 1.165) is 31.7 Å². The van der Waals surface area contributed by atoms with Crippen molar-refractivity contribution in [3.05, 3.63) is 52.6 Å². The number of benzene rings is 2. The number of hydrogen-bond donors (Lipinski definition) is 1. The van der Waals surface area contributed by atoms with Gasteiger partial charge in [-0.15, -0.1) is 0 Å². The van der Waals surface area contributed by atoms with Crippen molar-refractivity contribution >= 4 is 21.4 Å². The molecule has 0 heterocycles. The molecule has 0 spiro atoms. The molecule has 27 heavy (non-hydrogen) atoms. The third-order valence-electron chi connectivity index (χ3n) is 4.36. The number of hydrogen-bond acceptors (Lipinski definition) is 6. The lowest BCUT2D eigenvalue weighted by molar-refractivity contribution is -0.385. The van der Waals surface area contributed by atoms with E-state index in [1.54, 1.807) is 24.3 Å². The van der Waals surface area contributed by atoms with E-state index in [0.29, 0.717) is 11.4 Å². The molecule has 0 amide bonds. The lowest BCUT2D eigenvalue weighted by Gasteiger charge is -2.14. The van der Waals surface area contributed by atoms with E-state index in [-0.39, 0.29) is 22.4 Å². The van der Waals surface area contributed by atoms with E-state index in [1.807, 2.05) is 0 Å². The number of sulfonamides is 1. The average Bonchev–Trinajstić information content (AvgIpc) is 3.15. The summed E-state index contributed by atoms with van der Waals surface area (Å²) in [5, 5.41) is 11.0. The van der Waals surface area contributed by atoms with Crippen molar-refractivity contribution in [3.8, 4) is 11.5 Å². The molecule has 3 rings (SSSR count). The predicted octanol–water partition coefficient (Wildman–Crippen LogP) is 3.73. The summed E-state index contributed by atoms with van der Waals surface area (Å²) in [7, 11) is -2.77. The molecule has 0 aliphatic heterocycles. The fourth-order valence-electron chi connectivity index (χ4n) is 3.00. The Morgan fingerprint density at radius 2 is 1.78 bits per heavy atom. The Labute approximate surface area is 157 Å². The molecule has 0 unspecified atom stereocenters. The highest BCUT2D eigenvalue weighted by atomic mass is 32.2. The van der Waals surface area contributed by atoms with Gasteiger partial charge >= 0.3 is 0 Å². The van der Waals surface area contributed by atoms with Crippen molar-refractivity contribution in [3.63, 3.8) is 0 Å². The number of nitrogens with one attached hydrogen (secondary N) is 1. The number of nitro benzene ring substituents is 1. The highest BCUT2D eigenvalue weighted by molar-refractivity contribution is 7.92. The van der Waals surface area contributed by atoms with Crippen molar-refractivity contribution in [2.75, 3.05) is 11.8 Å². The lowest BCUT2D eigenvalue weighted by atomic mass is 10.3. The van der Waals surface area contributed by atoms with Crippen molar-refractivity contribution in [1.82, 2.24) is 0 Å². The van der Waals surface area contributed by atoms with Crippen LogP contribution in [0.3, 0.4) is 0 Å². The molecule has 144 valence electrons. The SMILES string of the molecule is COc1ccc([N+](=O)[O-])cc1S(=O)(=O)Nc1ccc(OC2CCCC2)cc1. The van der Waals surface area contributed by atoms with E-state index in [1.165, 1.54) is 19.2 Å². The van der Waals surface area contributed by atoms with Crippen LogP contribution < -0.4 is 14.2 Å². The van der Waals surface area contributed by atoms with Gasteiger partial charge in [0.1, 0.15) is 16.4 Å². The van der Waals surface area contributed by atoms with Gasteiger partial charge in [0.2, 0.25) is 0 Å². The van der Waals surface area contributed by atoms with Crippen LogP contribution in [0, 0.1) is 10.1 Å². The van der Waals surface area contributed by atoms with Gasteiger partial charge in [0.15, 0.2) is 0 Å². The summed E-state index contributed by atoms with van der Waals surface area (Å²) in [6.07, 6.45) is 4.59. The second-order valence-electron chi connectivity index (χ2n) is 6.25. The number of methoxy groups -OCH3 is 1. The van der Waals surface area contributed by atoms with Gasteiger partial charge in [0.25, 0.3) is 15.7 Å². The zero-order valence-electron chi connectivity index (χ0n) is 14.8. The molecule has 0 aromatic heterocycles. The molecule has 1 fully saturated rings. The quantitative estimate of drug-likeness (QED) is 0.568. The first-order chi connectivity index (χ1) is 12.9. The van der Waals surface area contributed by atoms with Crippen LogP contribution >= 0.6 is 0 Å². The van der Waals surface area contributed by atoms with Gasteiger partial charge in [0, 0.05) is 17.8 Å². The summed E-state index contributed by atoms with van der Waals surface area (Å²) in [5.74, 6) is 0.701. The summed E-state index contributed by atoms with van der Waals surface area (Å²) in [6.45, 7) is 0. The molecule has 0 bridgehead atoms. The molecular weight excluding hydrogens is 372 g/mol. The van der Waals surface area contributed by atoms with Gasteiger partial charge in [-0.05, 0) is 56.0 Å².